The highest BCUT2D eigenvalue weighted by atomic mass is 28.3. The summed E-state index contributed by atoms with van der Waals surface area (Å²) < 4.78 is 4.97. The monoisotopic (exact) mass is 189 g/mol. The van der Waals surface area contributed by atoms with Gasteiger partial charge in [0.25, 0.3) is 0 Å². The number of carbonyl (C=O) groups excluding carboxylic acids is 1. The Labute approximate surface area is 75.3 Å². The summed E-state index contributed by atoms with van der Waals surface area (Å²) in [6, 6.07) is 1.03. The Hall–Kier alpha value is -0.353. The summed E-state index contributed by atoms with van der Waals surface area (Å²) >= 11 is 0. The summed E-state index contributed by atoms with van der Waals surface area (Å²) in [5.41, 5.74) is 5.19. The van der Waals surface area contributed by atoms with E-state index in [-0.39, 0.29) is 5.97 Å². The molecule has 0 heterocycles. The van der Waals surface area contributed by atoms with E-state index in [0.717, 1.165) is 6.04 Å². The largest absolute Gasteiger partial charge is 0.466 e. The van der Waals surface area contributed by atoms with E-state index in [1.165, 1.54) is 0 Å². The zero-order valence-electron chi connectivity index (χ0n) is 8.22. The van der Waals surface area contributed by atoms with Crippen molar-refractivity contribution >= 4 is 14.0 Å². The second kappa shape index (κ2) is 5.32. The Bertz CT molecular complexity index is 142. The molecule has 72 valence electrons. The molecule has 0 bridgehead atoms. The predicted octanol–water partition coefficient (Wildman–Crippen LogP) is 1.22. The normalized spacial score (nSPS) is 11.3. The van der Waals surface area contributed by atoms with Gasteiger partial charge in [-0.15, -0.1) is 0 Å². The van der Waals surface area contributed by atoms with Crippen molar-refractivity contribution < 1.29 is 9.53 Å². The molecule has 0 aliphatic heterocycles. The Kier molecular flexibility index (Phi) is 5.16. The summed E-state index contributed by atoms with van der Waals surface area (Å²) in [6.45, 7) is 7.71. The van der Waals surface area contributed by atoms with Crippen LogP contribution < -0.4 is 5.73 Å². The lowest BCUT2D eigenvalue weighted by molar-refractivity contribution is -0.142. The second-order valence-corrected chi connectivity index (χ2v) is 9.69. The third kappa shape index (κ3) is 7.75. The van der Waals surface area contributed by atoms with Crippen LogP contribution in [-0.4, -0.2) is 27.2 Å². The third-order valence-electron chi connectivity index (χ3n) is 1.46. The number of carbonyl (C=O) groups is 1. The molecule has 0 unspecified atom stereocenters. The molecule has 0 saturated carbocycles. The average Bonchev–Trinajstić information content (AvgIpc) is 1.84. The quantitative estimate of drug-likeness (QED) is 0.522. The number of hydrogen-bond donors (Lipinski definition) is 1. The number of hydrogen-bond acceptors (Lipinski definition) is 3. The topological polar surface area (TPSA) is 52.3 Å². The van der Waals surface area contributed by atoms with Gasteiger partial charge in [0.2, 0.25) is 0 Å². The minimum atomic E-state index is -1.06. The minimum absolute atomic E-state index is 0.171. The van der Waals surface area contributed by atoms with Crippen molar-refractivity contribution in [3.05, 3.63) is 0 Å². The van der Waals surface area contributed by atoms with Gasteiger partial charge in [0.05, 0.1) is 13.0 Å². The van der Waals surface area contributed by atoms with Gasteiger partial charge in [0.1, 0.15) is 0 Å². The van der Waals surface area contributed by atoms with Crippen molar-refractivity contribution in [2.45, 2.75) is 32.1 Å². The molecule has 0 aromatic carbocycles. The molecule has 0 fully saturated rings. The first-order valence-electron chi connectivity index (χ1n) is 4.31. The van der Waals surface area contributed by atoms with Gasteiger partial charge in [-0.05, 0) is 6.04 Å². The summed E-state index contributed by atoms with van der Waals surface area (Å²) in [4.78, 5) is 10.8. The van der Waals surface area contributed by atoms with Crippen LogP contribution in [0.25, 0.3) is 0 Å². The summed E-state index contributed by atoms with van der Waals surface area (Å²) in [5, 5.41) is 0. The first-order valence-corrected chi connectivity index (χ1v) is 8.02. The molecule has 0 aliphatic rings. The van der Waals surface area contributed by atoms with Crippen LogP contribution in [0.2, 0.25) is 25.7 Å². The van der Waals surface area contributed by atoms with Crippen LogP contribution >= 0.6 is 0 Å². The van der Waals surface area contributed by atoms with Crippen molar-refractivity contribution in [3.8, 4) is 0 Å². The maximum Gasteiger partial charge on any atom is 0.307 e. The van der Waals surface area contributed by atoms with Crippen LogP contribution in [0.3, 0.4) is 0 Å². The molecule has 0 radical (unpaired) electrons. The number of rotatable bonds is 5. The van der Waals surface area contributed by atoms with E-state index in [1.54, 1.807) is 0 Å². The van der Waals surface area contributed by atoms with E-state index < -0.39 is 8.07 Å². The highest BCUT2D eigenvalue weighted by molar-refractivity contribution is 6.76. The fourth-order valence-electron chi connectivity index (χ4n) is 0.661. The molecule has 0 aromatic heterocycles. The Morgan fingerprint density at radius 2 is 2.00 bits per heavy atom. The molecule has 2 N–H and O–H groups in total. The molecule has 0 amide bonds. The zero-order chi connectivity index (χ0) is 9.61. The van der Waals surface area contributed by atoms with Crippen molar-refractivity contribution in [1.29, 1.82) is 0 Å². The third-order valence-corrected chi connectivity index (χ3v) is 3.17. The van der Waals surface area contributed by atoms with Gasteiger partial charge in [0, 0.05) is 14.6 Å². The van der Waals surface area contributed by atoms with Crippen LogP contribution in [0.15, 0.2) is 0 Å². The van der Waals surface area contributed by atoms with Crippen LogP contribution in [-0.2, 0) is 9.53 Å². The van der Waals surface area contributed by atoms with Gasteiger partial charge < -0.3 is 10.5 Å². The van der Waals surface area contributed by atoms with Gasteiger partial charge in [-0.1, -0.05) is 19.6 Å². The van der Waals surface area contributed by atoms with E-state index in [2.05, 4.69) is 19.6 Å². The van der Waals surface area contributed by atoms with Gasteiger partial charge >= 0.3 is 5.97 Å². The van der Waals surface area contributed by atoms with Crippen molar-refractivity contribution in [3.63, 3.8) is 0 Å². The molecular weight excluding hydrogens is 170 g/mol. The van der Waals surface area contributed by atoms with Crippen LogP contribution in [0.5, 0.6) is 0 Å². The first-order chi connectivity index (χ1) is 5.45. The van der Waals surface area contributed by atoms with Crippen molar-refractivity contribution in [2.75, 3.05) is 13.2 Å². The molecular formula is C8H19NO2Si. The zero-order valence-corrected chi connectivity index (χ0v) is 9.22. The lowest BCUT2D eigenvalue weighted by Crippen LogP contribution is -2.23. The standard InChI is InChI=1S/C8H19NO2Si/c1-12(2,3)7-6-11-8(10)4-5-9/h4-7,9H2,1-3H3. The average molecular weight is 189 g/mol. The fourth-order valence-corrected chi connectivity index (χ4v) is 1.38. The fraction of sp³-hybridized carbons (Fsp3) is 0.875. The SMILES string of the molecule is C[Si](C)(C)CCOC(=O)CCN. The first kappa shape index (κ1) is 11.6. The van der Waals surface area contributed by atoms with E-state index in [0.29, 0.717) is 19.6 Å². The molecule has 12 heavy (non-hydrogen) atoms. The molecule has 3 nitrogen and oxygen atoms in total. The molecule has 0 aliphatic carbocycles. The molecule has 4 heteroatoms. The molecule has 0 rings (SSSR count). The summed E-state index contributed by atoms with van der Waals surface area (Å²) in [5.74, 6) is -0.171. The summed E-state index contributed by atoms with van der Waals surface area (Å²) in [6.07, 6.45) is 0.339. The minimum Gasteiger partial charge on any atom is -0.466 e. The van der Waals surface area contributed by atoms with Crippen LogP contribution in [0.1, 0.15) is 6.42 Å². The maximum absolute atomic E-state index is 10.8. The van der Waals surface area contributed by atoms with Crippen molar-refractivity contribution in [1.82, 2.24) is 0 Å². The van der Waals surface area contributed by atoms with Gasteiger partial charge in [0.15, 0.2) is 0 Å². The van der Waals surface area contributed by atoms with E-state index in [4.69, 9.17) is 10.5 Å². The van der Waals surface area contributed by atoms with E-state index in [1.807, 2.05) is 0 Å². The lowest BCUT2D eigenvalue weighted by atomic mass is 10.4. The highest BCUT2D eigenvalue weighted by Gasteiger charge is 2.13. The number of ether oxygens (including phenoxy) is 1. The Balaban J connectivity index is 3.37. The number of esters is 1. The molecule has 0 atom stereocenters. The smallest absolute Gasteiger partial charge is 0.307 e. The van der Waals surface area contributed by atoms with E-state index >= 15 is 0 Å². The summed E-state index contributed by atoms with van der Waals surface area (Å²) in [7, 11) is -1.06. The number of nitrogens with two attached hydrogens (primary N) is 1. The molecule has 0 aromatic rings. The Morgan fingerprint density at radius 3 is 2.42 bits per heavy atom. The molecule has 0 saturated heterocycles. The predicted molar refractivity (Wildman–Crippen MR) is 52.8 cm³/mol. The van der Waals surface area contributed by atoms with Gasteiger partial charge in [-0.25, -0.2) is 0 Å². The molecule has 0 spiro atoms. The second-order valence-electron chi connectivity index (χ2n) is 4.07. The van der Waals surface area contributed by atoms with Gasteiger partial charge in [-0.3, -0.25) is 4.79 Å². The van der Waals surface area contributed by atoms with E-state index in [9.17, 15) is 4.79 Å². The van der Waals surface area contributed by atoms with Crippen LogP contribution in [0, 0.1) is 0 Å². The Morgan fingerprint density at radius 1 is 1.42 bits per heavy atom. The lowest BCUT2D eigenvalue weighted by Gasteiger charge is -2.14. The van der Waals surface area contributed by atoms with Crippen LogP contribution in [0.4, 0.5) is 0 Å². The maximum atomic E-state index is 10.8. The van der Waals surface area contributed by atoms with Gasteiger partial charge in [-0.2, -0.15) is 0 Å². The highest BCUT2D eigenvalue weighted by Crippen LogP contribution is 2.07. The van der Waals surface area contributed by atoms with Crippen molar-refractivity contribution in [2.24, 2.45) is 5.73 Å².